The van der Waals surface area contributed by atoms with Gasteiger partial charge in [-0.3, -0.25) is 9.20 Å². The van der Waals surface area contributed by atoms with Gasteiger partial charge in [0.15, 0.2) is 0 Å². The van der Waals surface area contributed by atoms with Crippen LogP contribution in [-0.4, -0.2) is 14.5 Å². The van der Waals surface area contributed by atoms with Crippen LogP contribution < -0.4 is 10.9 Å². The Morgan fingerprint density at radius 1 is 1.26 bits per heavy atom. The lowest BCUT2D eigenvalue weighted by Crippen LogP contribution is -2.19. The molecule has 0 unspecified atom stereocenters. The van der Waals surface area contributed by atoms with Gasteiger partial charge in [0, 0.05) is 24.9 Å². The van der Waals surface area contributed by atoms with E-state index in [1.807, 2.05) is 6.07 Å². The lowest BCUT2D eigenvalue weighted by molar-refractivity contribution is 0.372. The molecular formula is C13H12N4O2. The van der Waals surface area contributed by atoms with Gasteiger partial charge in [-0.2, -0.15) is 0 Å². The Bertz CT molecular complexity index is 734. The van der Waals surface area contributed by atoms with Gasteiger partial charge in [0.25, 0.3) is 5.56 Å². The van der Waals surface area contributed by atoms with Crippen LogP contribution >= 0.6 is 0 Å². The van der Waals surface area contributed by atoms with Gasteiger partial charge in [-0.15, -0.1) is 0 Å². The number of pyridine rings is 1. The van der Waals surface area contributed by atoms with Crippen LogP contribution in [0.25, 0.3) is 5.65 Å². The third-order valence-electron chi connectivity index (χ3n) is 2.72. The standard InChI is InChI=1S/C13H12N4O2/c18-13-7-10(8-14-9-11-4-5-15-19-11)16-12-3-1-2-6-17(12)13/h1-7,14H,8-9H2. The molecule has 0 bridgehead atoms. The topological polar surface area (TPSA) is 72.4 Å². The highest BCUT2D eigenvalue weighted by Crippen LogP contribution is 2.00. The van der Waals surface area contributed by atoms with E-state index in [4.69, 9.17) is 4.52 Å². The van der Waals surface area contributed by atoms with Gasteiger partial charge in [0.05, 0.1) is 18.4 Å². The minimum absolute atomic E-state index is 0.0814. The number of rotatable bonds is 4. The zero-order chi connectivity index (χ0) is 13.1. The highest BCUT2D eigenvalue weighted by atomic mass is 16.5. The predicted octanol–water partition coefficient (Wildman–Crippen LogP) is 0.972. The van der Waals surface area contributed by atoms with Gasteiger partial charge in [0.2, 0.25) is 0 Å². The summed E-state index contributed by atoms with van der Waals surface area (Å²) in [5, 5.41) is 6.77. The van der Waals surface area contributed by atoms with E-state index in [0.717, 1.165) is 5.76 Å². The Hall–Kier alpha value is -2.47. The lowest BCUT2D eigenvalue weighted by Gasteiger charge is -2.04. The van der Waals surface area contributed by atoms with Gasteiger partial charge >= 0.3 is 0 Å². The summed E-state index contributed by atoms with van der Waals surface area (Å²) in [5.74, 6) is 0.748. The average molecular weight is 256 g/mol. The summed E-state index contributed by atoms with van der Waals surface area (Å²) in [7, 11) is 0. The van der Waals surface area contributed by atoms with Crippen molar-refractivity contribution in [3.05, 3.63) is 64.5 Å². The second-order valence-electron chi connectivity index (χ2n) is 4.10. The summed E-state index contributed by atoms with van der Waals surface area (Å²) in [6.45, 7) is 1.05. The van der Waals surface area contributed by atoms with Gasteiger partial charge in [0.1, 0.15) is 11.4 Å². The molecule has 6 nitrogen and oxygen atoms in total. The molecule has 0 fully saturated rings. The average Bonchev–Trinajstić information content (AvgIpc) is 2.92. The Morgan fingerprint density at radius 2 is 2.21 bits per heavy atom. The molecule has 3 aromatic heterocycles. The predicted molar refractivity (Wildman–Crippen MR) is 68.5 cm³/mol. The van der Waals surface area contributed by atoms with Crippen LogP contribution in [0.5, 0.6) is 0 Å². The summed E-state index contributed by atoms with van der Waals surface area (Å²) in [6, 6.07) is 8.78. The quantitative estimate of drug-likeness (QED) is 0.753. The first kappa shape index (κ1) is 11.6. The molecule has 1 N–H and O–H groups in total. The third-order valence-corrected chi connectivity index (χ3v) is 2.72. The van der Waals surface area contributed by atoms with Crippen molar-refractivity contribution in [2.75, 3.05) is 0 Å². The first-order chi connectivity index (χ1) is 9.33. The number of hydrogen-bond donors (Lipinski definition) is 1. The Kier molecular flexibility index (Phi) is 3.07. The fourth-order valence-corrected chi connectivity index (χ4v) is 1.84. The summed E-state index contributed by atoms with van der Waals surface area (Å²) in [6.07, 6.45) is 3.30. The molecule has 0 saturated carbocycles. The minimum Gasteiger partial charge on any atom is -0.360 e. The molecule has 0 radical (unpaired) electrons. The van der Waals surface area contributed by atoms with Gasteiger partial charge in [-0.05, 0) is 12.1 Å². The fraction of sp³-hybridized carbons (Fsp3) is 0.154. The van der Waals surface area contributed by atoms with Crippen LogP contribution in [0.1, 0.15) is 11.5 Å². The maximum absolute atomic E-state index is 11.9. The van der Waals surface area contributed by atoms with Gasteiger partial charge in [-0.1, -0.05) is 11.2 Å². The van der Waals surface area contributed by atoms with E-state index in [2.05, 4.69) is 15.5 Å². The van der Waals surface area contributed by atoms with Crippen LogP contribution in [-0.2, 0) is 13.1 Å². The van der Waals surface area contributed by atoms with Crippen LogP contribution in [0.3, 0.4) is 0 Å². The number of nitrogens with one attached hydrogen (secondary N) is 1. The summed E-state index contributed by atoms with van der Waals surface area (Å²) < 4.78 is 6.48. The van der Waals surface area contributed by atoms with Gasteiger partial charge < -0.3 is 9.84 Å². The van der Waals surface area contributed by atoms with Crippen molar-refractivity contribution in [2.45, 2.75) is 13.1 Å². The van der Waals surface area contributed by atoms with E-state index in [-0.39, 0.29) is 5.56 Å². The van der Waals surface area contributed by atoms with E-state index in [1.165, 1.54) is 10.5 Å². The lowest BCUT2D eigenvalue weighted by atomic mass is 10.3. The highest BCUT2D eigenvalue weighted by molar-refractivity contribution is 5.37. The first-order valence-corrected chi connectivity index (χ1v) is 5.90. The van der Waals surface area contributed by atoms with E-state index >= 15 is 0 Å². The van der Waals surface area contributed by atoms with Crippen molar-refractivity contribution >= 4 is 5.65 Å². The molecule has 0 aliphatic heterocycles. The highest BCUT2D eigenvalue weighted by Gasteiger charge is 2.02. The molecule has 19 heavy (non-hydrogen) atoms. The van der Waals surface area contributed by atoms with Crippen molar-refractivity contribution in [3.63, 3.8) is 0 Å². The largest absolute Gasteiger partial charge is 0.360 e. The molecule has 3 heterocycles. The molecule has 0 amide bonds. The van der Waals surface area contributed by atoms with E-state index in [1.54, 1.807) is 30.6 Å². The van der Waals surface area contributed by atoms with Crippen molar-refractivity contribution < 1.29 is 4.52 Å². The monoisotopic (exact) mass is 256 g/mol. The maximum Gasteiger partial charge on any atom is 0.258 e. The van der Waals surface area contributed by atoms with Crippen molar-refractivity contribution in [1.82, 2.24) is 19.9 Å². The number of aromatic nitrogens is 3. The zero-order valence-electron chi connectivity index (χ0n) is 10.1. The van der Waals surface area contributed by atoms with Crippen LogP contribution in [0.15, 0.2) is 52.0 Å². The number of hydrogen-bond acceptors (Lipinski definition) is 5. The summed E-state index contributed by atoms with van der Waals surface area (Å²) >= 11 is 0. The van der Waals surface area contributed by atoms with Crippen LogP contribution in [0.4, 0.5) is 0 Å². The Labute approximate surface area is 108 Å². The van der Waals surface area contributed by atoms with Crippen LogP contribution in [0, 0.1) is 0 Å². The zero-order valence-corrected chi connectivity index (χ0v) is 10.1. The molecule has 6 heteroatoms. The van der Waals surface area contributed by atoms with Crippen LogP contribution in [0.2, 0.25) is 0 Å². The maximum atomic E-state index is 11.9. The van der Waals surface area contributed by atoms with Crippen molar-refractivity contribution in [3.8, 4) is 0 Å². The Balaban J connectivity index is 1.76. The number of fused-ring (bicyclic) bond motifs is 1. The summed E-state index contributed by atoms with van der Waals surface area (Å²) in [5.41, 5.74) is 1.27. The van der Waals surface area contributed by atoms with Crippen molar-refractivity contribution in [1.29, 1.82) is 0 Å². The van der Waals surface area contributed by atoms with Gasteiger partial charge in [-0.25, -0.2) is 4.98 Å². The molecule has 0 aliphatic carbocycles. The molecule has 0 aliphatic rings. The molecule has 96 valence electrons. The smallest absolute Gasteiger partial charge is 0.258 e. The van der Waals surface area contributed by atoms with E-state index in [9.17, 15) is 4.79 Å². The minimum atomic E-state index is -0.0814. The molecule has 0 saturated heterocycles. The van der Waals surface area contributed by atoms with E-state index < -0.39 is 0 Å². The molecule has 3 rings (SSSR count). The van der Waals surface area contributed by atoms with E-state index in [0.29, 0.717) is 24.4 Å². The molecule has 0 spiro atoms. The second kappa shape index (κ2) is 5.03. The second-order valence-corrected chi connectivity index (χ2v) is 4.10. The normalized spacial score (nSPS) is 10.9. The first-order valence-electron chi connectivity index (χ1n) is 5.90. The van der Waals surface area contributed by atoms with Crippen molar-refractivity contribution in [2.24, 2.45) is 0 Å². The Morgan fingerprint density at radius 3 is 3.05 bits per heavy atom. The SMILES string of the molecule is O=c1cc(CNCc2ccno2)nc2ccccn12. The molecule has 0 atom stereocenters. The fourth-order valence-electron chi connectivity index (χ4n) is 1.84. The summed E-state index contributed by atoms with van der Waals surface area (Å²) in [4.78, 5) is 16.3. The molecular weight excluding hydrogens is 244 g/mol. The molecule has 0 aromatic carbocycles. The number of nitrogens with zero attached hydrogens (tertiary/aromatic N) is 3. The third kappa shape index (κ3) is 2.53. The molecule has 3 aromatic rings.